The first-order chi connectivity index (χ1) is 7.04. The first-order valence-corrected chi connectivity index (χ1v) is 5.15. The van der Waals surface area contributed by atoms with Gasteiger partial charge >= 0.3 is 0 Å². The lowest BCUT2D eigenvalue weighted by atomic mass is 10.2. The fourth-order valence-corrected chi connectivity index (χ4v) is 1.11. The number of amides is 1. The number of anilines is 1. The van der Waals surface area contributed by atoms with Gasteiger partial charge in [-0.15, -0.1) is 0 Å². The highest BCUT2D eigenvalue weighted by atomic mass is 16.2. The van der Waals surface area contributed by atoms with E-state index in [0.717, 1.165) is 0 Å². The van der Waals surface area contributed by atoms with Gasteiger partial charge < -0.3 is 11.1 Å². The fourth-order valence-electron chi connectivity index (χ4n) is 1.11. The molecule has 15 heavy (non-hydrogen) atoms. The molecule has 84 valence electrons. The third kappa shape index (κ3) is 3.06. The zero-order chi connectivity index (χ0) is 11.4. The molecule has 0 fully saturated rings. The van der Waals surface area contributed by atoms with Crippen LogP contribution in [0.5, 0.6) is 0 Å². The molecule has 5 nitrogen and oxygen atoms in total. The molecule has 0 radical (unpaired) electrons. The van der Waals surface area contributed by atoms with Crippen molar-refractivity contribution in [2.24, 2.45) is 5.73 Å². The van der Waals surface area contributed by atoms with Crippen molar-refractivity contribution in [3.63, 3.8) is 0 Å². The largest absolute Gasteiger partial charge is 0.322 e. The minimum atomic E-state index is -0.451. The molecule has 0 spiro atoms. The van der Waals surface area contributed by atoms with E-state index in [1.54, 1.807) is 17.1 Å². The molecule has 0 aromatic carbocycles. The Morgan fingerprint density at radius 2 is 2.33 bits per heavy atom. The molecule has 1 heterocycles. The van der Waals surface area contributed by atoms with Crippen LogP contribution in [-0.4, -0.2) is 21.7 Å². The van der Waals surface area contributed by atoms with Crippen LogP contribution < -0.4 is 11.1 Å². The second-order valence-electron chi connectivity index (χ2n) is 3.81. The van der Waals surface area contributed by atoms with Crippen molar-refractivity contribution in [3.8, 4) is 0 Å². The topological polar surface area (TPSA) is 72.9 Å². The highest BCUT2D eigenvalue weighted by Crippen LogP contribution is 2.10. The van der Waals surface area contributed by atoms with Gasteiger partial charge in [0.25, 0.3) is 0 Å². The molecule has 0 saturated heterocycles. The molecule has 0 aliphatic carbocycles. The van der Waals surface area contributed by atoms with Gasteiger partial charge in [-0.25, -0.2) is 0 Å². The minimum Gasteiger partial charge on any atom is -0.322 e. The summed E-state index contributed by atoms with van der Waals surface area (Å²) in [5.74, 6) is -0.166. The van der Waals surface area contributed by atoms with Gasteiger partial charge in [0.1, 0.15) is 0 Å². The number of hydrogen-bond acceptors (Lipinski definition) is 3. The van der Waals surface area contributed by atoms with Gasteiger partial charge in [-0.1, -0.05) is 6.92 Å². The number of aromatic nitrogens is 2. The van der Waals surface area contributed by atoms with Gasteiger partial charge in [0.05, 0.1) is 17.9 Å². The third-order valence-corrected chi connectivity index (χ3v) is 2.17. The van der Waals surface area contributed by atoms with E-state index in [9.17, 15) is 4.79 Å². The summed E-state index contributed by atoms with van der Waals surface area (Å²) in [5.41, 5.74) is 6.28. The molecule has 0 aliphatic rings. The monoisotopic (exact) mass is 210 g/mol. The van der Waals surface area contributed by atoms with Gasteiger partial charge in [-0.05, 0) is 20.3 Å². The number of carbonyl (C=O) groups is 1. The lowest BCUT2D eigenvalue weighted by Gasteiger charge is -2.08. The second kappa shape index (κ2) is 4.93. The Morgan fingerprint density at radius 3 is 2.80 bits per heavy atom. The molecule has 3 N–H and O–H groups in total. The van der Waals surface area contributed by atoms with Crippen LogP contribution >= 0.6 is 0 Å². The average Bonchev–Trinajstić information content (AvgIpc) is 2.65. The highest BCUT2D eigenvalue weighted by Gasteiger charge is 2.12. The Balaban J connectivity index is 2.61. The number of carbonyl (C=O) groups excluding carboxylic acids is 1. The van der Waals surface area contributed by atoms with Crippen molar-refractivity contribution in [2.75, 3.05) is 5.32 Å². The SMILES string of the molecule is CCC(N)C(=O)Nc1cnn(C(C)C)c1. The summed E-state index contributed by atoms with van der Waals surface area (Å²) in [5, 5.41) is 6.84. The zero-order valence-electron chi connectivity index (χ0n) is 9.40. The standard InChI is InChI=1S/C10H18N4O/c1-4-9(11)10(15)13-8-5-12-14(6-8)7(2)3/h5-7,9H,4,11H2,1-3H3,(H,13,15). The van der Waals surface area contributed by atoms with Crippen LogP contribution in [0.3, 0.4) is 0 Å². The molecule has 0 bridgehead atoms. The number of nitrogens with zero attached hydrogens (tertiary/aromatic N) is 2. The Morgan fingerprint density at radius 1 is 1.67 bits per heavy atom. The lowest BCUT2D eigenvalue weighted by molar-refractivity contribution is -0.117. The van der Waals surface area contributed by atoms with Crippen LogP contribution in [-0.2, 0) is 4.79 Å². The molecule has 1 atom stereocenters. The van der Waals surface area contributed by atoms with Crippen LogP contribution in [0, 0.1) is 0 Å². The highest BCUT2D eigenvalue weighted by molar-refractivity contribution is 5.94. The molecule has 1 aromatic heterocycles. The van der Waals surface area contributed by atoms with Gasteiger partial charge in [-0.3, -0.25) is 9.48 Å². The predicted octanol–water partition coefficient (Wildman–Crippen LogP) is 1.14. The lowest BCUT2D eigenvalue weighted by Crippen LogP contribution is -2.34. The number of nitrogens with two attached hydrogens (primary N) is 1. The quantitative estimate of drug-likeness (QED) is 0.782. The second-order valence-corrected chi connectivity index (χ2v) is 3.81. The van der Waals surface area contributed by atoms with Crippen LogP contribution in [0.2, 0.25) is 0 Å². The van der Waals surface area contributed by atoms with E-state index in [0.29, 0.717) is 12.1 Å². The summed E-state index contributed by atoms with van der Waals surface area (Å²) in [4.78, 5) is 11.4. The van der Waals surface area contributed by atoms with Crippen molar-refractivity contribution in [3.05, 3.63) is 12.4 Å². The van der Waals surface area contributed by atoms with E-state index in [1.807, 2.05) is 20.8 Å². The van der Waals surface area contributed by atoms with E-state index in [1.165, 1.54) is 0 Å². The molecule has 1 unspecified atom stereocenters. The Labute approximate surface area is 89.6 Å². The molecule has 0 saturated carbocycles. The Bertz CT molecular complexity index is 332. The maximum atomic E-state index is 11.4. The normalized spacial score (nSPS) is 12.9. The number of nitrogens with one attached hydrogen (secondary N) is 1. The average molecular weight is 210 g/mol. The summed E-state index contributed by atoms with van der Waals surface area (Å²) < 4.78 is 1.78. The van der Waals surface area contributed by atoms with Crippen LogP contribution in [0.1, 0.15) is 33.2 Å². The summed E-state index contributed by atoms with van der Waals surface area (Å²) in [7, 11) is 0. The van der Waals surface area contributed by atoms with Crippen LogP contribution in [0.25, 0.3) is 0 Å². The molecular formula is C10H18N4O. The van der Waals surface area contributed by atoms with Crippen molar-refractivity contribution in [1.29, 1.82) is 0 Å². The predicted molar refractivity (Wildman–Crippen MR) is 59.5 cm³/mol. The Kier molecular flexibility index (Phi) is 3.85. The maximum absolute atomic E-state index is 11.4. The van der Waals surface area contributed by atoms with Crippen LogP contribution in [0.15, 0.2) is 12.4 Å². The first kappa shape index (κ1) is 11.7. The summed E-state index contributed by atoms with van der Waals surface area (Å²) in [6.07, 6.45) is 4.05. The first-order valence-electron chi connectivity index (χ1n) is 5.15. The van der Waals surface area contributed by atoms with E-state index in [2.05, 4.69) is 10.4 Å². The minimum absolute atomic E-state index is 0.166. The molecule has 1 amide bonds. The maximum Gasteiger partial charge on any atom is 0.241 e. The summed E-state index contributed by atoms with van der Waals surface area (Å²) in [6, 6.07) is -0.164. The Hall–Kier alpha value is -1.36. The molecule has 5 heteroatoms. The fraction of sp³-hybridized carbons (Fsp3) is 0.600. The van der Waals surface area contributed by atoms with Gasteiger partial charge in [0, 0.05) is 12.2 Å². The molecule has 0 aliphatic heterocycles. The summed E-state index contributed by atoms with van der Waals surface area (Å²) in [6.45, 7) is 5.93. The third-order valence-electron chi connectivity index (χ3n) is 2.17. The van der Waals surface area contributed by atoms with Gasteiger partial charge in [0.15, 0.2) is 0 Å². The molecule has 1 rings (SSSR count). The summed E-state index contributed by atoms with van der Waals surface area (Å²) >= 11 is 0. The van der Waals surface area contributed by atoms with E-state index in [4.69, 9.17) is 5.73 Å². The number of hydrogen-bond donors (Lipinski definition) is 2. The van der Waals surface area contributed by atoms with Crippen molar-refractivity contribution in [1.82, 2.24) is 9.78 Å². The van der Waals surface area contributed by atoms with E-state index in [-0.39, 0.29) is 11.9 Å². The smallest absolute Gasteiger partial charge is 0.241 e. The van der Waals surface area contributed by atoms with Gasteiger partial charge in [-0.2, -0.15) is 5.10 Å². The van der Waals surface area contributed by atoms with Gasteiger partial charge in [0.2, 0.25) is 5.91 Å². The molecular weight excluding hydrogens is 192 g/mol. The van der Waals surface area contributed by atoms with Crippen molar-refractivity contribution < 1.29 is 4.79 Å². The van der Waals surface area contributed by atoms with Crippen molar-refractivity contribution >= 4 is 11.6 Å². The molecule has 1 aromatic rings. The van der Waals surface area contributed by atoms with Crippen LogP contribution in [0.4, 0.5) is 5.69 Å². The van der Waals surface area contributed by atoms with E-state index >= 15 is 0 Å². The zero-order valence-corrected chi connectivity index (χ0v) is 9.40. The number of rotatable bonds is 4. The van der Waals surface area contributed by atoms with Crippen molar-refractivity contribution in [2.45, 2.75) is 39.3 Å². The van der Waals surface area contributed by atoms with E-state index < -0.39 is 6.04 Å².